The third-order valence-electron chi connectivity index (χ3n) is 3.28. The molecule has 20 heavy (non-hydrogen) atoms. The van der Waals surface area contributed by atoms with Gasteiger partial charge in [-0.1, -0.05) is 18.2 Å². The monoisotopic (exact) mass is 266 g/mol. The van der Waals surface area contributed by atoms with E-state index in [9.17, 15) is 0 Å². The molecule has 3 heteroatoms. The lowest BCUT2D eigenvalue weighted by Crippen LogP contribution is -2.02. The largest absolute Gasteiger partial charge is 0.493 e. The second kappa shape index (κ2) is 5.37. The summed E-state index contributed by atoms with van der Waals surface area (Å²) < 4.78 is 5.75. The van der Waals surface area contributed by atoms with E-state index in [1.807, 2.05) is 24.3 Å². The zero-order valence-corrected chi connectivity index (χ0v) is 11.8. The van der Waals surface area contributed by atoms with E-state index < -0.39 is 0 Å². The number of nitrogens with one attached hydrogen (secondary N) is 1. The van der Waals surface area contributed by atoms with Crippen LogP contribution in [0.5, 0.6) is 5.75 Å². The van der Waals surface area contributed by atoms with Crippen LogP contribution >= 0.6 is 0 Å². The van der Waals surface area contributed by atoms with E-state index in [4.69, 9.17) is 4.74 Å². The number of aryl methyl sites for hydroxylation is 2. The summed E-state index contributed by atoms with van der Waals surface area (Å²) >= 11 is 0. The number of aromatic amines is 1. The van der Waals surface area contributed by atoms with Crippen LogP contribution in [-0.2, 0) is 6.42 Å². The molecule has 0 saturated carbocycles. The Bertz CT molecular complexity index is 731. The number of hydrogen-bond donors (Lipinski definition) is 1. The van der Waals surface area contributed by atoms with Crippen LogP contribution in [0.2, 0.25) is 0 Å². The van der Waals surface area contributed by atoms with Gasteiger partial charge in [-0.25, -0.2) is 4.98 Å². The number of rotatable bonds is 4. The van der Waals surface area contributed by atoms with Gasteiger partial charge < -0.3 is 9.72 Å². The van der Waals surface area contributed by atoms with Crippen molar-refractivity contribution in [2.24, 2.45) is 0 Å². The molecule has 0 bridgehead atoms. The van der Waals surface area contributed by atoms with Crippen molar-refractivity contribution >= 4 is 11.0 Å². The minimum Gasteiger partial charge on any atom is -0.493 e. The lowest BCUT2D eigenvalue weighted by molar-refractivity contribution is 0.319. The zero-order valence-electron chi connectivity index (χ0n) is 11.8. The van der Waals surface area contributed by atoms with Crippen LogP contribution in [0.15, 0.2) is 42.5 Å². The Balaban J connectivity index is 1.65. The standard InChI is InChI=1S/C17H18N2O/c1-12-4-3-5-14(10-12)20-9-8-17-18-15-7-6-13(2)11-16(15)19-17/h3-7,10-11H,8-9H2,1-2H3,(H,18,19). The summed E-state index contributed by atoms with van der Waals surface area (Å²) in [6.07, 6.45) is 0.779. The molecule has 0 unspecified atom stereocenters. The first-order valence-corrected chi connectivity index (χ1v) is 6.85. The molecule has 0 aliphatic heterocycles. The number of hydrogen-bond acceptors (Lipinski definition) is 2. The number of fused-ring (bicyclic) bond motifs is 1. The Morgan fingerprint density at radius 3 is 2.75 bits per heavy atom. The smallest absolute Gasteiger partial charge is 0.119 e. The van der Waals surface area contributed by atoms with Gasteiger partial charge in [0.1, 0.15) is 11.6 Å². The number of H-pyrrole nitrogens is 1. The van der Waals surface area contributed by atoms with Gasteiger partial charge in [-0.15, -0.1) is 0 Å². The highest BCUT2D eigenvalue weighted by Gasteiger charge is 2.03. The molecule has 0 fully saturated rings. The highest BCUT2D eigenvalue weighted by molar-refractivity contribution is 5.75. The van der Waals surface area contributed by atoms with E-state index in [1.165, 1.54) is 11.1 Å². The average Bonchev–Trinajstić information content (AvgIpc) is 2.80. The summed E-state index contributed by atoms with van der Waals surface area (Å²) in [7, 11) is 0. The third kappa shape index (κ3) is 2.82. The van der Waals surface area contributed by atoms with E-state index >= 15 is 0 Å². The Morgan fingerprint density at radius 2 is 1.90 bits per heavy atom. The molecule has 0 amide bonds. The van der Waals surface area contributed by atoms with E-state index in [-0.39, 0.29) is 0 Å². The van der Waals surface area contributed by atoms with Crippen LogP contribution in [0.4, 0.5) is 0 Å². The van der Waals surface area contributed by atoms with Crippen molar-refractivity contribution in [3.05, 3.63) is 59.4 Å². The first-order valence-electron chi connectivity index (χ1n) is 6.85. The number of aromatic nitrogens is 2. The van der Waals surface area contributed by atoms with Gasteiger partial charge in [0.2, 0.25) is 0 Å². The fraction of sp³-hybridized carbons (Fsp3) is 0.235. The number of nitrogens with zero attached hydrogens (tertiary/aromatic N) is 1. The quantitative estimate of drug-likeness (QED) is 0.780. The van der Waals surface area contributed by atoms with Crippen molar-refractivity contribution < 1.29 is 4.74 Å². The molecule has 3 rings (SSSR count). The predicted octanol–water partition coefficient (Wildman–Crippen LogP) is 3.80. The average molecular weight is 266 g/mol. The maximum atomic E-state index is 5.75. The highest BCUT2D eigenvalue weighted by Crippen LogP contribution is 2.15. The molecule has 0 aliphatic carbocycles. The summed E-state index contributed by atoms with van der Waals surface area (Å²) in [5.74, 6) is 1.88. The van der Waals surface area contributed by atoms with Crippen LogP contribution in [-0.4, -0.2) is 16.6 Å². The Hall–Kier alpha value is -2.29. The summed E-state index contributed by atoms with van der Waals surface area (Å²) in [5.41, 5.74) is 4.56. The summed E-state index contributed by atoms with van der Waals surface area (Å²) in [6.45, 7) is 4.78. The molecule has 0 spiro atoms. The molecule has 3 nitrogen and oxygen atoms in total. The molecule has 0 atom stereocenters. The van der Waals surface area contributed by atoms with E-state index in [2.05, 4.69) is 42.0 Å². The van der Waals surface area contributed by atoms with E-state index in [1.54, 1.807) is 0 Å². The Kier molecular flexibility index (Phi) is 3.42. The minimum atomic E-state index is 0.627. The summed E-state index contributed by atoms with van der Waals surface area (Å²) in [6, 6.07) is 14.3. The van der Waals surface area contributed by atoms with E-state index in [0.29, 0.717) is 6.61 Å². The van der Waals surface area contributed by atoms with Gasteiger partial charge in [0.05, 0.1) is 17.6 Å². The van der Waals surface area contributed by atoms with Gasteiger partial charge in [0.25, 0.3) is 0 Å². The van der Waals surface area contributed by atoms with Crippen LogP contribution in [0.1, 0.15) is 17.0 Å². The fourth-order valence-corrected chi connectivity index (χ4v) is 2.27. The zero-order chi connectivity index (χ0) is 13.9. The maximum Gasteiger partial charge on any atom is 0.119 e. The molecule has 0 aliphatic rings. The Morgan fingerprint density at radius 1 is 1.05 bits per heavy atom. The van der Waals surface area contributed by atoms with Gasteiger partial charge in [-0.2, -0.15) is 0 Å². The molecule has 0 radical (unpaired) electrons. The van der Waals surface area contributed by atoms with Crippen molar-refractivity contribution in [1.29, 1.82) is 0 Å². The maximum absolute atomic E-state index is 5.75. The molecule has 102 valence electrons. The molecule has 3 aromatic rings. The number of imidazole rings is 1. The number of benzene rings is 2. The third-order valence-corrected chi connectivity index (χ3v) is 3.28. The van der Waals surface area contributed by atoms with Crippen molar-refractivity contribution in [1.82, 2.24) is 9.97 Å². The van der Waals surface area contributed by atoms with E-state index in [0.717, 1.165) is 29.0 Å². The van der Waals surface area contributed by atoms with Crippen molar-refractivity contribution in [3.8, 4) is 5.75 Å². The summed E-state index contributed by atoms with van der Waals surface area (Å²) in [4.78, 5) is 7.91. The molecule has 1 N–H and O–H groups in total. The van der Waals surface area contributed by atoms with Crippen molar-refractivity contribution in [3.63, 3.8) is 0 Å². The molecular weight excluding hydrogens is 248 g/mol. The van der Waals surface area contributed by atoms with Gasteiger partial charge in [0.15, 0.2) is 0 Å². The first kappa shape index (κ1) is 12.7. The Labute approximate surface area is 118 Å². The second-order valence-electron chi connectivity index (χ2n) is 5.12. The van der Waals surface area contributed by atoms with Crippen molar-refractivity contribution in [2.75, 3.05) is 6.61 Å². The first-order chi connectivity index (χ1) is 9.70. The highest BCUT2D eigenvalue weighted by atomic mass is 16.5. The van der Waals surface area contributed by atoms with Gasteiger partial charge >= 0.3 is 0 Å². The van der Waals surface area contributed by atoms with Crippen LogP contribution in [0, 0.1) is 13.8 Å². The van der Waals surface area contributed by atoms with Gasteiger partial charge in [-0.3, -0.25) is 0 Å². The molecule has 1 aromatic heterocycles. The van der Waals surface area contributed by atoms with Crippen molar-refractivity contribution in [2.45, 2.75) is 20.3 Å². The van der Waals surface area contributed by atoms with Gasteiger partial charge in [0, 0.05) is 6.42 Å². The molecule has 2 aromatic carbocycles. The fourth-order valence-electron chi connectivity index (χ4n) is 2.27. The molecular formula is C17H18N2O. The van der Waals surface area contributed by atoms with Crippen LogP contribution in [0.25, 0.3) is 11.0 Å². The predicted molar refractivity (Wildman–Crippen MR) is 81.2 cm³/mol. The normalized spacial score (nSPS) is 10.9. The SMILES string of the molecule is Cc1cccc(OCCc2nc3ccc(C)cc3[nH]2)c1. The lowest BCUT2D eigenvalue weighted by atomic mass is 10.2. The lowest BCUT2D eigenvalue weighted by Gasteiger charge is -2.05. The second-order valence-corrected chi connectivity index (χ2v) is 5.12. The van der Waals surface area contributed by atoms with Crippen LogP contribution in [0.3, 0.4) is 0 Å². The molecule has 1 heterocycles. The van der Waals surface area contributed by atoms with Crippen LogP contribution < -0.4 is 4.74 Å². The molecule has 0 saturated heterocycles. The van der Waals surface area contributed by atoms with Gasteiger partial charge in [-0.05, 0) is 49.2 Å². The minimum absolute atomic E-state index is 0.627. The topological polar surface area (TPSA) is 37.9 Å². The summed E-state index contributed by atoms with van der Waals surface area (Å²) in [5, 5.41) is 0. The number of ether oxygens (including phenoxy) is 1.